The van der Waals surface area contributed by atoms with Crippen molar-refractivity contribution in [2.24, 2.45) is 0 Å². The van der Waals surface area contributed by atoms with E-state index in [0.29, 0.717) is 11.8 Å². The number of carbonyl (C=O) groups excluding carboxylic acids is 1. The zero-order valence-electron chi connectivity index (χ0n) is 11.4. The van der Waals surface area contributed by atoms with Gasteiger partial charge in [0.15, 0.2) is 5.78 Å². The van der Waals surface area contributed by atoms with E-state index in [0.717, 1.165) is 44.2 Å². The van der Waals surface area contributed by atoms with Crippen molar-refractivity contribution in [3.8, 4) is 0 Å². The number of benzene rings is 1. The van der Waals surface area contributed by atoms with Crippen LogP contribution in [0, 0.1) is 0 Å². The highest BCUT2D eigenvalue weighted by atomic mass is 16.1. The lowest BCUT2D eigenvalue weighted by atomic mass is 9.72. The molecule has 98 valence electrons. The molecule has 3 aliphatic rings. The van der Waals surface area contributed by atoms with Crippen LogP contribution >= 0.6 is 0 Å². The SMILES string of the molecule is CN1CCc2cccc3c2C1CC1=C3C(=O)CCC1. The van der Waals surface area contributed by atoms with Gasteiger partial charge in [0.2, 0.25) is 0 Å². The number of likely N-dealkylation sites (N-methyl/N-ethyl adjacent to an activating group) is 1. The average Bonchev–Trinajstić information content (AvgIpc) is 2.43. The molecule has 1 aromatic rings. The van der Waals surface area contributed by atoms with E-state index < -0.39 is 0 Å². The van der Waals surface area contributed by atoms with Crippen molar-refractivity contribution in [2.75, 3.05) is 13.6 Å². The number of nitrogens with zero attached hydrogens (tertiary/aromatic N) is 1. The molecule has 4 rings (SSSR count). The van der Waals surface area contributed by atoms with Crippen molar-refractivity contribution in [3.63, 3.8) is 0 Å². The molecule has 0 radical (unpaired) electrons. The van der Waals surface area contributed by atoms with Gasteiger partial charge in [-0.15, -0.1) is 0 Å². The first-order valence-corrected chi connectivity index (χ1v) is 7.33. The summed E-state index contributed by atoms with van der Waals surface area (Å²) in [6, 6.07) is 7.05. The van der Waals surface area contributed by atoms with Gasteiger partial charge in [0.1, 0.15) is 0 Å². The van der Waals surface area contributed by atoms with Gasteiger partial charge < -0.3 is 0 Å². The molecule has 2 aliphatic carbocycles. The summed E-state index contributed by atoms with van der Waals surface area (Å²) in [5.41, 5.74) is 6.66. The molecule has 0 aromatic heterocycles. The number of hydrogen-bond donors (Lipinski definition) is 0. The van der Waals surface area contributed by atoms with E-state index in [2.05, 4.69) is 30.1 Å². The highest BCUT2D eigenvalue weighted by Gasteiger charge is 2.36. The fourth-order valence-electron chi connectivity index (χ4n) is 4.06. The topological polar surface area (TPSA) is 20.3 Å². The Hall–Kier alpha value is -1.41. The molecule has 0 amide bonds. The van der Waals surface area contributed by atoms with Crippen molar-refractivity contribution in [2.45, 2.75) is 38.1 Å². The lowest BCUT2D eigenvalue weighted by Crippen LogP contribution is -2.36. The second-order valence-corrected chi connectivity index (χ2v) is 6.08. The van der Waals surface area contributed by atoms with E-state index in [1.807, 2.05) is 0 Å². The maximum absolute atomic E-state index is 12.3. The summed E-state index contributed by atoms with van der Waals surface area (Å²) in [5.74, 6) is 0.376. The molecular formula is C17H19NO. The van der Waals surface area contributed by atoms with E-state index in [1.54, 1.807) is 0 Å². The highest BCUT2D eigenvalue weighted by molar-refractivity contribution is 6.23. The summed E-state index contributed by atoms with van der Waals surface area (Å²) < 4.78 is 0. The summed E-state index contributed by atoms with van der Waals surface area (Å²) >= 11 is 0. The van der Waals surface area contributed by atoms with Crippen LogP contribution in [0.25, 0.3) is 5.57 Å². The van der Waals surface area contributed by atoms with Crippen molar-refractivity contribution < 1.29 is 4.79 Å². The molecule has 19 heavy (non-hydrogen) atoms. The van der Waals surface area contributed by atoms with E-state index in [1.165, 1.54) is 22.3 Å². The Balaban J connectivity index is 1.97. The van der Waals surface area contributed by atoms with E-state index in [9.17, 15) is 4.79 Å². The third kappa shape index (κ3) is 1.56. The highest BCUT2D eigenvalue weighted by Crippen LogP contribution is 2.47. The Morgan fingerprint density at radius 1 is 1.21 bits per heavy atom. The lowest BCUT2D eigenvalue weighted by Gasteiger charge is -2.41. The van der Waals surface area contributed by atoms with E-state index in [-0.39, 0.29) is 0 Å². The zero-order chi connectivity index (χ0) is 13.0. The Morgan fingerprint density at radius 2 is 2.11 bits per heavy atom. The van der Waals surface area contributed by atoms with Crippen LogP contribution in [0.15, 0.2) is 23.8 Å². The monoisotopic (exact) mass is 253 g/mol. The summed E-state index contributed by atoms with van der Waals surface area (Å²) in [6.45, 7) is 1.14. The smallest absolute Gasteiger partial charge is 0.163 e. The first-order chi connectivity index (χ1) is 9.25. The van der Waals surface area contributed by atoms with Crippen LogP contribution in [0.1, 0.15) is 48.4 Å². The van der Waals surface area contributed by atoms with Crippen LogP contribution in [0.4, 0.5) is 0 Å². The van der Waals surface area contributed by atoms with Crippen LogP contribution in [-0.2, 0) is 11.2 Å². The molecular weight excluding hydrogens is 234 g/mol. The zero-order valence-corrected chi connectivity index (χ0v) is 11.4. The molecule has 0 bridgehead atoms. The van der Waals surface area contributed by atoms with Crippen LogP contribution in [-0.4, -0.2) is 24.3 Å². The van der Waals surface area contributed by atoms with Crippen LogP contribution < -0.4 is 0 Å². The second-order valence-electron chi connectivity index (χ2n) is 6.08. The summed E-state index contributed by atoms with van der Waals surface area (Å²) in [5, 5.41) is 0. The minimum atomic E-state index is 0.376. The minimum Gasteiger partial charge on any atom is -0.299 e. The summed E-state index contributed by atoms with van der Waals surface area (Å²) in [4.78, 5) is 14.8. The fourth-order valence-corrected chi connectivity index (χ4v) is 4.06. The fraction of sp³-hybridized carbons (Fsp3) is 0.471. The van der Waals surface area contributed by atoms with Crippen molar-refractivity contribution in [3.05, 3.63) is 40.5 Å². The predicted octanol–water partition coefficient (Wildman–Crippen LogP) is 3.13. The molecule has 2 heteroatoms. The molecule has 1 atom stereocenters. The van der Waals surface area contributed by atoms with Crippen molar-refractivity contribution >= 4 is 11.4 Å². The Morgan fingerprint density at radius 3 is 3.00 bits per heavy atom. The van der Waals surface area contributed by atoms with Gasteiger partial charge in [-0.3, -0.25) is 9.69 Å². The first-order valence-electron chi connectivity index (χ1n) is 7.33. The molecule has 0 spiro atoms. The molecule has 1 heterocycles. The van der Waals surface area contributed by atoms with Gasteiger partial charge in [0.05, 0.1) is 0 Å². The van der Waals surface area contributed by atoms with Gasteiger partial charge in [-0.1, -0.05) is 23.8 Å². The predicted molar refractivity (Wildman–Crippen MR) is 75.9 cm³/mol. The van der Waals surface area contributed by atoms with Gasteiger partial charge in [-0.05, 0) is 49.4 Å². The minimum absolute atomic E-state index is 0.376. The maximum Gasteiger partial charge on any atom is 0.163 e. The maximum atomic E-state index is 12.3. The molecule has 0 saturated heterocycles. The molecule has 0 N–H and O–H groups in total. The number of fused-ring (bicyclic) bond motifs is 1. The van der Waals surface area contributed by atoms with Gasteiger partial charge in [-0.2, -0.15) is 0 Å². The molecule has 1 unspecified atom stereocenters. The molecule has 2 nitrogen and oxygen atoms in total. The Bertz CT molecular complexity index is 599. The second kappa shape index (κ2) is 4.04. The van der Waals surface area contributed by atoms with Crippen LogP contribution in [0.5, 0.6) is 0 Å². The number of hydrogen-bond acceptors (Lipinski definition) is 2. The van der Waals surface area contributed by atoms with Gasteiger partial charge >= 0.3 is 0 Å². The van der Waals surface area contributed by atoms with E-state index in [4.69, 9.17) is 0 Å². The number of carbonyl (C=O) groups is 1. The Kier molecular flexibility index (Phi) is 2.43. The standard InChI is InChI=1S/C17H19NO/c1-18-9-8-11-4-2-6-13-16(11)14(18)10-12-5-3-7-15(19)17(12)13/h2,4,6,14H,3,5,7-10H2,1H3. The van der Waals surface area contributed by atoms with Gasteiger partial charge in [-0.25, -0.2) is 0 Å². The van der Waals surface area contributed by atoms with Crippen LogP contribution in [0.2, 0.25) is 0 Å². The lowest BCUT2D eigenvalue weighted by molar-refractivity contribution is -0.114. The molecule has 1 aromatic carbocycles. The number of ketones is 1. The van der Waals surface area contributed by atoms with Crippen LogP contribution in [0.3, 0.4) is 0 Å². The quantitative estimate of drug-likeness (QED) is 0.708. The number of rotatable bonds is 0. The normalized spacial score (nSPS) is 26.2. The first kappa shape index (κ1) is 11.4. The summed E-state index contributed by atoms with van der Waals surface area (Å²) in [7, 11) is 2.22. The third-order valence-electron chi connectivity index (χ3n) is 5.02. The van der Waals surface area contributed by atoms with Crippen molar-refractivity contribution in [1.82, 2.24) is 4.90 Å². The Labute approximate surface area is 114 Å². The molecule has 0 saturated carbocycles. The average molecular weight is 253 g/mol. The number of allylic oxidation sites excluding steroid dienone is 1. The van der Waals surface area contributed by atoms with E-state index >= 15 is 0 Å². The van der Waals surface area contributed by atoms with Gasteiger partial charge in [0, 0.05) is 24.6 Å². The molecule has 0 fully saturated rings. The van der Waals surface area contributed by atoms with Crippen molar-refractivity contribution in [1.29, 1.82) is 0 Å². The third-order valence-corrected chi connectivity index (χ3v) is 5.02. The number of Topliss-reactive ketones (excluding diaryl/α,β-unsaturated/α-hetero) is 1. The largest absolute Gasteiger partial charge is 0.299 e. The molecule has 1 aliphatic heterocycles. The summed E-state index contributed by atoms with van der Waals surface area (Å²) in [6.07, 6.45) is 5.09. The van der Waals surface area contributed by atoms with Gasteiger partial charge in [0.25, 0.3) is 0 Å².